The van der Waals surface area contributed by atoms with Gasteiger partial charge in [0.25, 0.3) is 0 Å². The Morgan fingerprint density at radius 2 is 1.90 bits per heavy atom. The number of carbonyl (C=O) groups excluding carboxylic acids is 2. The van der Waals surface area contributed by atoms with E-state index >= 15 is 0 Å². The second-order valence-corrected chi connectivity index (χ2v) is 9.69. The van der Waals surface area contributed by atoms with E-state index in [4.69, 9.17) is 0 Å². The smallest absolute Gasteiger partial charge is 0.354 e. The molecule has 0 radical (unpaired) electrons. The minimum absolute atomic E-state index is 0.00176. The lowest BCUT2D eigenvalue weighted by Crippen LogP contribution is -2.47. The van der Waals surface area contributed by atoms with Crippen molar-refractivity contribution >= 4 is 22.6 Å². The van der Waals surface area contributed by atoms with E-state index in [0.717, 1.165) is 22.5 Å². The van der Waals surface area contributed by atoms with Crippen molar-refractivity contribution in [3.63, 3.8) is 0 Å². The lowest BCUT2D eigenvalue weighted by Gasteiger charge is -2.27. The van der Waals surface area contributed by atoms with Crippen LogP contribution in [0.4, 0.5) is 13.2 Å². The van der Waals surface area contributed by atoms with E-state index in [2.05, 4.69) is 27.1 Å². The SMILES string of the molecule is Cc1ccc(C(=O)Cc2ccc(CN3CCNC(=O)C3)c(C(F)(F)F)c2)cc1C#Cc1cncc2cccnc12. The number of benzene rings is 2. The molecule has 2 aromatic heterocycles. The van der Waals surface area contributed by atoms with Gasteiger partial charge in [-0.1, -0.05) is 36.1 Å². The molecule has 0 aliphatic carbocycles. The molecule has 3 heterocycles. The van der Waals surface area contributed by atoms with Crippen LogP contribution in [0, 0.1) is 18.8 Å². The lowest BCUT2D eigenvalue weighted by atomic mass is 9.96. The van der Waals surface area contributed by atoms with Gasteiger partial charge in [-0.15, -0.1) is 0 Å². The molecule has 1 amide bonds. The summed E-state index contributed by atoms with van der Waals surface area (Å²) in [6, 6.07) is 12.8. The highest BCUT2D eigenvalue weighted by atomic mass is 19.4. The number of ketones is 1. The van der Waals surface area contributed by atoms with Crippen molar-refractivity contribution in [2.24, 2.45) is 0 Å². The molecule has 4 aromatic rings. The van der Waals surface area contributed by atoms with E-state index in [1.165, 1.54) is 6.07 Å². The van der Waals surface area contributed by atoms with Gasteiger partial charge in [0.2, 0.25) is 5.91 Å². The van der Waals surface area contributed by atoms with E-state index in [1.54, 1.807) is 47.8 Å². The van der Waals surface area contributed by atoms with Crippen molar-refractivity contribution in [1.29, 1.82) is 0 Å². The number of aryl methyl sites for hydroxylation is 1. The van der Waals surface area contributed by atoms with Gasteiger partial charge in [-0.05, 0) is 47.9 Å². The summed E-state index contributed by atoms with van der Waals surface area (Å²) in [6.07, 6.45) is 0.239. The Bertz CT molecular complexity index is 1670. The van der Waals surface area contributed by atoms with Crippen molar-refractivity contribution in [2.75, 3.05) is 19.6 Å². The van der Waals surface area contributed by atoms with Crippen molar-refractivity contribution < 1.29 is 22.8 Å². The Morgan fingerprint density at radius 1 is 1.07 bits per heavy atom. The van der Waals surface area contributed by atoms with E-state index < -0.39 is 11.7 Å². The van der Waals surface area contributed by atoms with E-state index in [0.29, 0.717) is 29.8 Å². The molecule has 202 valence electrons. The minimum atomic E-state index is -4.59. The fourth-order valence-corrected chi connectivity index (χ4v) is 4.65. The molecule has 0 unspecified atom stereocenters. The number of hydrogen-bond donors (Lipinski definition) is 1. The summed E-state index contributed by atoms with van der Waals surface area (Å²) in [6.45, 7) is 2.78. The molecule has 40 heavy (non-hydrogen) atoms. The van der Waals surface area contributed by atoms with E-state index in [9.17, 15) is 22.8 Å². The number of carbonyl (C=O) groups is 2. The topological polar surface area (TPSA) is 75.2 Å². The van der Waals surface area contributed by atoms with Gasteiger partial charge in [-0.25, -0.2) is 0 Å². The molecule has 1 aliphatic rings. The van der Waals surface area contributed by atoms with Crippen LogP contribution in [0.25, 0.3) is 10.9 Å². The first kappa shape index (κ1) is 27.0. The first-order chi connectivity index (χ1) is 19.2. The molecule has 6 nitrogen and oxygen atoms in total. The molecule has 1 N–H and O–H groups in total. The number of nitrogens with zero attached hydrogens (tertiary/aromatic N) is 3. The van der Waals surface area contributed by atoms with Crippen LogP contribution in [0.1, 0.15) is 43.7 Å². The second-order valence-electron chi connectivity index (χ2n) is 9.69. The van der Waals surface area contributed by atoms with E-state index in [1.807, 2.05) is 19.1 Å². The minimum Gasteiger partial charge on any atom is -0.354 e. The molecule has 1 saturated heterocycles. The molecule has 0 bridgehead atoms. The number of fused-ring (bicyclic) bond motifs is 1. The Kier molecular flexibility index (Phi) is 7.63. The first-order valence-electron chi connectivity index (χ1n) is 12.7. The summed E-state index contributed by atoms with van der Waals surface area (Å²) in [5, 5.41) is 3.53. The predicted molar refractivity (Wildman–Crippen MR) is 144 cm³/mol. The average Bonchev–Trinajstić information content (AvgIpc) is 2.93. The van der Waals surface area contributed by atoms with Gasteiger partial charge >= 0.3 is 6.18 Å². The standard InChI is InChI=1S/C31H25F3N4O2/c1-20-4-6-23(15-22(20)8-9-25-17-35-16-24-3-2-10-37-30(24)25)28(39)14-21-5-7-26(27(13-21)31(32,33)34)18-38-12-11-36-29(40)19-38/h2-7,10,13,15-17H,11-12,14,18-19H2,1H3,(H,36,40). The molecule has 0 spiro atoms. The highest BCUT2D eigenvalue weighted by molar-refractivity contribution is 5.98. The number of rotatable bonds is 5. The van der Waals surface area contributed by atoms with Crippen molar-refractivity contribution in [2.45, 2.75) is 26.1 Å². The third-order valence-corrected chi connectivity index (χ3v) is 6.76. The zero-order chi connectivity index (χ0) is 28.3. The van der Waals surface area contributed by atoms with Crippen molar-refractivity contribution in [3.05, 3.63) is 106 Å². The van der Waals surface area contributed by atoms with Gasteiger partial charge in [0.05, 0.1) is 23.2 Å². The largest absolute Gasteiger partial charge is 0.416 e. The van der Waals surface area contributed by atoms with Crippen LogP contribution in [-0.4, -0.2) is 46.2 Å². The van der Waals surface area contributed by atoms with Crippen LogP contribution in [0.5, 0.6) is 0 Å². The molecule has 9 heteroatoms. The summed E-state index contributed by atoms with van der Waals surface area (Å²) >= 11 is 0. The summed E-state index contributed by atoms with van der Waals surface area (Å²) < 4.78 is 41.8. The highest BCUT2D eigenvalue weighted by Crippen LogP contribution is 2.34. The third-order valence-electron chi connectivity index (χ3n) is 6.76. The number of halogens is 3. The van der Waals surface area contributed by atoms with Gasteiger partial charge in [0.1, 0.15) is 0 Å². The van der Waals surface area contributed by atoms with Crippen LogP contribution < -0.4 is 5.32 Å². The van der Waals surface area contributed by atoms with Crippen LogP contribution >= 0.6 is 0 Å². The first-order valence-corrected chi connectivity index (χ1v) is 12.7. The monoisotopic (exact) mass is 542 g/mol. The van der Waals surface area contributed by atoms with Gasteiger partial charge in [0, 0.05) is 61.2 Å². The fraction of sp³-hybridized carbons (Fsp3) is 0.226. The number of amides is 1. The molecule has 0 saturated carbocycles. The maximum absolute atomic E-state index is 13.9. The van der Waals surface area contributed by atoms with Gasteiger partial charge in [0.15, 0.2) is 5.78 Å². The maximum Gasteiger partial charge on any atom is 0.416 e. The van der Waals surface area contributed by atoms with Crippen LogP contribution in [0.2, 0.25) is 0 Å². The zero-order valence-electron chi connectivity index (χ0n) is 21.7. The summed E-state index contributed by atoms with van der Waals surface area (Å²) in [5.41, 5.74) is 2.78. The number of alkyl halides is 3. The molecule has 1 fully saturated rings. The summed E-state index contributed by atoms with van der Waals surface area (Å²) in [4.78, 5) is 35.0. The molecule has 0 atom stereocenters. The number of pyridine rings is 2. The van der Waals surface area contributed by atoms with Crippen LogP contribution in [-0.2, 0) is 23.9 Å². The second kappa shape index (κ2) is 11.3. The number of aromatic nitrogens is 2. The molecular weight excluding hydrogens is 517 g/mol. The summed E-state index contributed by atoms with van der Waals surface area (Å²) in [7, 11) is 0. The Balaban J connectivity index is 1.37. The number of Topliss-reactive ketones (excluding diaryl/α,β-unsaturated/α-hetero) is 1. The number of hydrogen-bond acceptors (Lipinski definition) is 5. The molecule has 2 aromatic carbocycles. The lowest BCUT2D eigenvalue weighted by molar-refractivity contribution is -0.138. The van der Waals surface area contributed by atoms with Crippen molar-refractivity contribution in [1.82, 2.24) is 20.2 Å². The van der Waals surface area contributed by atoms with Crippen LogP contribution in [0.15, 0.2) is 67.1 Å². The molecular formula is C31H25F3N4O2. The van der Waals surface area contributed by atoms with Crippen molar-refractivity contribution in [3.8, 4) is 11.8 Å². The maximum atomic E-state index is 13.9. The Hall–Kier alpha value is -4.55. The Morgan fingerprint density at radius 3 is 2.70 bits per heavy atom. The Labute approximate surface area is 229 Å². The van der Waals surface area contributed by atoms with E-state index in [-0.39, 0.29) is 42.3 Å². The van der Waals surface area contributed by atoms with Crippen LogP contribution in [0.3, 0.4) is 0 Å². The number of nitrogens with one attached hydrogen (secondary N) is 1. The van der Waals surface area contributed by atoms with Gasteiger partial charge in [-0.3, -0.25) is 24.5 Å². The highest BCUT2D eigenvalue weighted by Gasteiger charge is 2.34. The third kappa shape index (κ3) is 6.19. The number of piperazine rings is 1. The summed E-state index contributed by atoms with van der Waals surface area (Å²) in [5.74, 6) is 5.65. The fourth-order valence-electron chi connectivity index (χ4n) is 4.65. The molecule has 5 rings (SSSR count). The quantitative estimate of drug-likeness (QED) is 0.292. The van der Waals surface area contributed by atoms with Gasteiger partial charge in [-0.2, -0.15) is 13.2 Å². The van der Waals surface area contributed by atoms with Gasteiger partial charge < -0.3 is 5.32 Å². The average molecular weight is 543 g/mol. The normalized spacial score (nSPS) is 13.9. The predicted octanol–water partition coefficient (Wildman–Crippen LogP) is 4.71. The zero-order valence-corrected chi connectivity index (χ0v) is 21.7. The molecule has 1 aliphatic heterocycles.